The fourth-order valence-corrected chi connectivity index (χ4v) is 3.66. The van der Waals surface area contributed by atoms with E-state index < -0.39 is 10.8 Å². The summed E-state index contributed by atoms with van der Waals surface area (Å²) in [5.41, 5.74) is 0. The Morgan fingerprint density at radius 3 is 2.50 bits per heavy atom. The van der Waals surface area contributed by atoms with Crippen molar-refractivity contribution in [3.63, 3.8) is 0 Å². The molecule has 0 bridgehead atoms. The highest BCUT2D eigenvalue weighted by Gasteiger charge is 2.25. The summed E-state index contributed by atoms with van der Waals surface area (Å²) in [5, 5.41) is 0.842. The molecule has 0 aromatic heterocycles. The van der Waals surface area contributed by atoms with Gasteiger partial charge in [-0.25, -0.2) is 0 Å². The Kier molecular flexibility index (Phi) is 3.76. The normalized spacial score (nSPS) is 33.7. The van der Waals surface area contributed by atoms with Crippen molar-refractivity contribution in [1.29, 1.82) is 0 Å². The molecule has 0 heterocycles. The van der Waals surface area contributed by atoms with Gasteiger partial charge in [-0.05, 0) is 18.8 Å². The van der Waals surface area contributed by atoms with Gasteiger partial charge >= 0.3 is 0 Å². The molecule has 1 aliphatic rings. The molecule has 0 spiro atoms. The molecule has 0 N–H and O–H groups in total. The van der Waals surface area contributed by atoms with Crippen molar-refractivity contribution in [1.82, 2.24) is 0 Å². The molecule has 2 heteroatoms. The van der Waals surface area contributed by atoms with Crippen LogP contribution in [-0.2, 0) is 10.8 Å². The highest BCUT2D eigenvalue weighted by atomic mass is 32.2. The Morgan fingerprint density at radius 2 is 2.00 bits per heavy atom. The van der Waals surface area contributed by atoms with Gasteiger partial charge in [0, 0.05) is 21.3 Å². The first-order valence-corrected chi connectivity index (χ1v) is 6.28. The van der Waals surface area contributed by atoms with Crippen LogP contribution in [0.3, 0.4) is 0 Å². The Bertz CT molecular complexity index is 165. The molecule has 1 nitrogen and oxygen atoms in total. The van der Waals surface area contributed by atoms with Crippen LogP contribution < -0.4 is 0 Å². The number of rotatable bonds is 2. The molecule has 0 radical (unpaired) electrons. The molecule has 1 aliphatic carbocycles. The lowest BCUT2D eigenvalue weighted by Gasteiger charge is -2.27. The molecule has 72 valence electrons. The van der Waals surface area contributed by atoms with Gasteiger partial charge in [-0.1, -0.05) is 33.6 Å². The van der Waals surface area contributed by atoms with Crippen LogP contribution in [0.25, 0.3) is 0 Å². The molecule has 1 rings (SSSR count). The molecule has 0 aromatic carbocycles. The molecule has 3 atom stereocenters. The van der Waals surface area contributed by atoms with Crippen LogP contribution in [0.2, 0.25) is 0 Å². The van der Waals surface area contributed by atoms with Gasteiger partial charge in [0.05, 0.1) is 0 Å². The first-order chi connectivity index (χ1) is 5.61. The monoisotopic (exact) mass is 188 g/mol. The highest BCUT2D eigenvalue weighted by molar-refractivity contribution is 7.86. The third-order valence-electron chi connectivity index (χ3n) is 2.68. The van der Waals surface area contributed by atoms with Crippen LogP contribution in [0.1, 0.15) is 46.5 Å². The second-order valence-electron chi connectivity index (χ2n) is 4.27. The molecule has 0 aliphatic heterocycles. The number of hydrogen-bond donors (Lipinski definition) is 0. The molecular formula is C10H20OS. The van der Waals surface area contributed by atoms with Crippen LogP contribution in [0.15, 0.2) is 0 Å². The summed E-state index contributed by atoms with van der Waals surface area (Å²) >= 11 is 0. The van der Waals surface area contributed by atoms with E-state index in [1.807, 2.05) is 0 Å². The molecule has 1 fully saturated rings. The summed E-state index contributed by atoms with van der Waals surface area (Å²) in [6.45, 7) is 6.41. The molecule has 0 aromatic rings. The van der Waals surface area contributed by atoms with Crippen molar-refractivity contribution in [3.05, 3.63) is 0 Å². The lowest BCUT2D eigenvalue weighted by molar-refractivity contribution is 0.388. The van der Waals surface area contributed by atoms with E-state index in [1.165, 1.54) is 25.7 Å². The van der Waals surface area contributed by atoms with Crippen molar-refractivity contribution in [2.24, 2.45) is 5.92 Å². The molecule has 1 saturated carbocycles. The van der Waals surface area contributed by atoms with Gasteiger partial charge in [0.25, 0.3) is 0 Å². The van der Waals surface area contributed by atoms with Crippen molar-refractivity contribution < 1.29 is 4.21 Å². The van der Waals surface area contributed by atoms with E-state index in [2.05, 4.69) is 20.8 Å². The summed E-state index contributed by atoms with van der Waals surface area (Å²) in [5.74, 6) is 0.798. The Hall–Kier alpha value is 0.150. The Labute approximate surface area is 78.4 Å². The smallest absolute Gasteiger partial charge is 0.0353 e. The zero-order chi connectivity index (χ0) is 9.14. The molecule has 12 heavy (non-hydrogen) atoms. The maximum absolute atomic E-state index is 11.8. The summed E-state index contributed by atoms with van der Waals surface area (Å²) in [6.07, 6.45) is 5.00. The SMILES string of the molecule is CC1CCCC(S(=O)C(C)C)C1. The predicted molar refractivity (Wildman–Crippen MR) is 54.7 cm³/mol. The molecule has 3 unspecified atom stereocenters. The van der Waals surface area contributed by atoms with Gasteiger partial charge in [-0.3, -0.25) is 4.21 Å². The van der Waals surface area contributed by atoms with Crippen molar-refractivity contribution >= 4 is 10.8 Å². The highest BCUT2D eigenvalue weighted by Crippen LogP contribution is 2.28. The Morgan fingerprint density at radius 1 is 1.33 bits per heavy atom. The number of hydrogen-bond acceptors (Lipinski definition) is 1. The van der Waals surface area contributed by atoms with Gasteiger partial charge in [-0.15, -0.1) is 0 Å². The minimum Gasteiger partial charge on any atom is -0.259 e. The van der Waals surface area contributed by atoms with Crippen LogP contribution >= 0.6 is 0 Å². The molecule has 0 amide bonds. The summed E-state index contributed by atoms with van der Waals surface area (Å²) in [7, 11) is -0.579. The van der Waals surface area contributed by atoms with Crippen LogP contribution in [0, 0.1) is 5.92 Å². The van der Waals surface area contributed by atoms with E-state index in [0.717, 1.165) is 5.92 Å². The van der Waals surface area contributed by atoms with E-state index in [9.17, 15) is 4.21 Å². The third-order valence-corrected chi connectivity index (χ3v) is 4.70. The van der Waals surface area contributed by atoms with E-state index in [0.29, 0.717) is 10.5 Å². The third kappa shape index (κ3) is 2.58. The largest absolute Gasteiger partial charge is 0.259 e. The Balaban J connectivity index is 2.46. The minimum atomic E-state index is -0.579. The maximum Gasteiger partial charge on any atom is 0.0353 e. The van der Waals surface area contributed by atoms with Gasteiger partial charge in [0.1, 0.15) is 0 Å². The minimum absolute atomic E-state index is 0.347. The van der Waals surface area contributed by atoms with E-state index >= 15 is 0 Å². The van der Waals surface area contributed by atoms with Crippen molar-refractivity contribution in [3.8, 4) is 0 Å². The fraction of sp³-hybridized carbons (Fsp3) is 1.00. The van der Waals surface area contributed by atoms with Gasteiger partial charge in [0.2, 0.25) is 0 Å². The van der Waals surface area contributed by atoms with Crippen molar-refractivity contribution in [2.45, 2.75) is 57.0 Å². The maximum atomic E-state index is 11.8. The second-order valence-corrected chi connectivity index (χ2v) is 6.54. The van der Waals surface area contributed by atoms with Gasteiger partial charge < -0.3 is 0 Å². The lowest BCUT2D eigenvalue weighted by Crippen LogP contribution is -2.27. The van der Waals surface area contributed by atoms with E-state index in [4.69, 9.17) is 0 Å². The molecular weight excluding hydrogens is 168 g/mol. The van der Waals surface area contributed by atoms with Crippen LogP contribution in [0.5, 0.6) is 0 Å². The average molecular weight is 188 g/mol. The average Bonchev–Trinajstić information content (AvgIpc) is 2.03. The second kappa shape index (κ2) is 4.40. The summed E-state index contributed by atoms with van der Waals surface area (Å²) in [6, 6.07) is 0. The van der Waals surface area contributed by atoms with E-state index in [1.54, 1.807) is 0 Å². The quantitative estimate of drug-likeness (QED) is 0.651. The van der Waals surface area contributed by atoms with Gasteiger partial charge in [0.15, 0.2) is 0 Å². The van der Waals surface area contributed by atoms with Crippen LogP contribution in [-0.4, -0.2) is 14.7 Å². The summed E-state index contributed by atoms with van der Waals surface area (Å²) in [4.78, 5) is 0. The topological polar surface area (TPSA) is 17.1 Å². The summed E-state index contributed by atoms with van der Waals surface area (Å²) < 4.78 is 11.8. The van der Waals surface area contributed by atoms with E-state index in [-0.39, 0.29) is 0 Å². The standard InChI is InChI=1S/C10H20OS/c1-8(2)12(11)10-6-4-5-9(3)7-10/h8-10H,4-7H2,1-3H3. The fourth-order valence-electron chi connectivity index (χ4n) is 1.97. The first-order valence-electron chi connectivity index (χ1n) is 5.00. The lowest BCUT2D eigenvalue weighted by atomic mass is 9.91. The molecule has 0 saturated heterocycles. The first kappa shape index (κ1) is 10.2. The predicted octanol–water partition coefficient (Wildman–Crippen LogP) is 2.72. The van der Waals surface area contributed by atoms with Gasteiger partial charge in [-0.2, -0.15) is 0 Å². The van der Waals surface area contributed by atoms with Crippen molar-refractivity contribution in [2.75, 3.05) is 0 Å². The zero-order valence-electron chi connectivity index (χ0n) is 8.38. The van der Waals surface area contributed by atoms with Crippen LogP contribution in [0.4, 0.5) is 0 Å². The zero-order valence-corrected chi connectivity index (χ0v) is 9.19.